The van der Waals surface area contributed by atoms with Crippen LogP contribution in [0, 0.1) is 13.8 Å². The van der Waals surface area contributed by atoms with Crippen molar-refractivity contribution >= 4 is 28.2 Å². The summed E-state index contributed by atoms with van der Waals surface area (Å²) in [5, 5.41) is 4.88. The highest BCUT2D eigenvalue weighted by atomic mass is 32.1. The van der Waals surface area contributed by atoms with E-state index in [4.69, 9.17) is 17.0 Å². The number of hydrogen-bond donors (Lipinski definition) is 2. The van der Waals surface area contributed by atoms with Gasteiger partial charge in [0.05, 0.1) is 13.2 Å². The van der Waals surface area contributed by atoms with Gasteiger partial charge in [-0.05, 0) is 74.9 Å². The zero-order valence-corrected chi connectivity index (χ0v) is 17.7. The number of fused-ring (bicyclic) bond motifs is 1. The van der Waals surface area contributed by atoms with Crippen LogP contribution in [0.1, 0.15) is 16.7 Å². The highest BCUT2D eigenvalue weighted by Gasteiger charge is 2.14. The number of rotatable bonds is 8. The van der Waals surface area contributed by atoms with Gasteiger partial charge < -0.3 is 24.8 Å². The van der Waals surface area contributed by atoms with Crippen LogP contribution in [0.3, 0.4) is 0 Å². The van der Waals surface area contributed by atoms with E-state index >= 15 is 0 Å². The summed E-state index contributed by atoms with van der Waals surface area (Å²) in [5.41, 5.74) is 3.89. The second-order valence-corrected chi connectivity index (χ2v) is 7.48. The first-order chi connectivity index (χ1) is 12.8. The minimum Gasteiger partial charge on any atom is -0.383 e. The molecule has 0 atom stereocenters. The average molecular weight is 391 g/mol. The lowest BCUT2D eigenvalue weighted by molar-refractivity contribution is 0.202. The summed E-state index contributed by atoms with van der Waals surface area (Å²) < 4.78 is 5.07. The number of thiocarbonyl (C=S) groups is 1. The predicted molar refractivity (Wildman–Crippen MR) is 115 cm³/mol. The first-order valence-corrected chi connectivity index (χ1v) is 9.52. The van der Waals surface area contributed by atoms with E-state index in [1.807, 2.05) is 38.1 Å². The van der Waals surface area contributed by atoms with E-state index in [0.29, 0.717) is 30.4 Å². The van der Waals surface area contributed by atoms with Crippen molar-refractivity contribution in [3.63, 3.8) is 0 Å². The van der Waals surface area contributed by atoms with Gasteiger partial charge in [-0.15, -0.1) is 0 Å². The Morgan fingerprint density at radius 2 is 1.89 bits per heavy atom. The first-order valence-electron chi connectivity index (χ1n) is 9.11. The molecular formula is C20H30N4O2S. The van der Waals surface area contributed by atoms with Gasteiger partial charge in [-0.3, -0.25) is 4.79 Å². The summed E-state index contributed by atoms with van der Waals surface area (Å²) in [6, 6.07) is 6.11. The predicted octanol–water partition coefficient (Wildman–Crippen LogP) is 2.03. The quantitative estimate of drug-likeness (QED) is 0.531. The summed E-state index contributed by atoms with van der Waals surface area (Å²) in [6.07, 6.45) is 0. The first kappa shape index (κ1) is 21.3. The van der Waals surface area contributed by atoms with Gasteiger partial charge in [-0.25, -0.2) is 0 Å². The van der Waals surface area contributed by atoms with Crippen LogP contribution in [0.15, 0.2) is 23.0 Å². The molecule has 0 amide bonds. The molecular weight excluding hydrogens is 360 g/mol. The lowest BCUT2D eigenvalue weighted by Crippen LogP contribution is -2.44. The number of benzene rings is 1. The summed E-state index contributed by atoms with van der Waals surface area (Å²) in [7, 11) is 5.70. The van der Waals surface area contributed by atoms with E-state index in [1.165, 1.54) is 11.1 Å². The molecule has 27 heavy (non-hydrogen) atoms. The van der Waals surface area contributed by atoms with Crippen molar-refractivity contribution in [1.82, 2.24) is 20.1 Å². The van der Waals surface area contributed by atoms with E-state index in [9.17, 15) is 4.79 Å². The Labute approximate surface area is 166 Å². The van der Waals surface area contributed by atoms with Crippen molar-refractivity contribution < 1.29 is 4.74 Å². The monoisotopic (exact) mass is 390 g/mol. The van der Waals surface area contributed by atoms with Gasteiger partial charge in [0.1, 0.15) is 0 Å². The Balaban J connectivity index is 2.26. The number of aromatic nitrogens is 1. The molecule has 0 saturated heterocycles. The Hall–Kier alpha value is -1.96. The minimum absolute atomic E-state index is 0.0692. The molecule has 1 aromatic carbocycles. The third-order valence-electron chi connectivity index (χ3n) is 4.58. The van der Waals surface area contributed by atoms with Crippen LogP contribution >= 0.6 is 12.2 Å². The number of H-pyrrole nitrogens is 1. The van der Waals surface area contributed by atoms with Gasteiger partial charge in [0.2, 0.25) is 0 Å². The van der Waals surface area contributed by atoms with Crippen molar-refractivity contribution in [2.24, 2.45) is 0 Å². The number of aryl methyl sites for hydroxylation is 2. The minimum atomic E-state index is -0.0692. The fourth-order valence-electron chi connectivity index (χ4n) is 2.79. The zero-order valence-electron chi connectivity index (χ0n) is 16.9. The molecule has 0 unspecified atom stereocenters. The van der Waals surface area contributed by atoms with E-state index in [1.54, 1.807) is 7.11 Å². The molecule has 0 aliphatic rings. The van der Waals surface area contributed by atoms with Gasteiger partial charge in [0.25, 0.3) is 5.56 Å². The number of pyridine rings is 1. The number of hydrogen-bond acceptors (Lipinski definition) is 4. The SMILES string of the molecule is COCCNC(=S)N(CCN(C)C)Cc1cc2cc(C)c(C)cc2[nH]c1=O. The standard InChI is InChI=1S/C20H30N4O2S/c1-14-10-16-12-17(19(25)22-18(16)11-15(14)2)13-24(8-7-23(3)4)20(27)21-6-9-26-5/h10-12H,6-9,13H2,1-5H3,(H,21,27)(H,22,25). The third-order valence-corrected chi connectivity index (χ3v) is 4.99. The lowest BCUT2D eigenvalue weighted by Gasteiger charge is -2.27. The fourth-order valence-corrected chi connectivity index (χ4v) is 3.05. The largest absolute Gasteiger partial charge is 0.383 e. The van der Waals surface area contributed by atoms with Gasteiger partial charge in [0.15, 0.2) is 5.11 Å². The Kier molecular flexibility index (Phi) is 7.77. The molecule has 0 bridgehead atoms. The second kappa shape index (κ2) is 9.82. The Bertz CT molecular complexity index is 848. The highest BCUT2D eigenvalue weighted by Crippen LogP contribution is 2.17. The maximum Gasteiger partial charge on any atom is 0.253 e. The number of nitrogens with one attached hydrogen (secondary N) is 2. The number of ether oxygens (including phenoxy) is 1. The Morgan fingerprint density at radius 3 is 2.56 bits per heavy atom. The summed E-state index contributed by atoms with van der Waals surface area (Å²) in [4.78, 5) is 19.8. The van der Waals surface area contributed by atoms with Gasteiger partial charge in [-0.1, -0.05) is 0 Å². The van der Waals surface area contributed by atoms with E-state index in [-0.39, 0.29) is 5.56 Å². The third kappa shape index (κ3) is 6.02. The van der Waals surface area contributed by atoms with Gasteiger partial charge in [0, 0.05) is 37.8 Å². The van der Waals surface area contributed by atoms with E-state index < -0.39 is 0 Å². The number of aromatic amines is 1. The van der Waals surface area contributed by atoms with Crippen LogP contribution in [-0.2, 0) is 11.3 Å². The van der Waals surface area contributed by atoms with Gasteiger partial charge in [-0.2, -0.15) is 0 Å². The van der Waals surface area contributed by atoms with E-state index in [0.717, 1.165) is 24.0 Å². The van der Waals surface area contributed by atoms with Crippen molar-refractivity contribution in [2.45, 2.75) is 20.4 Å². The maximum atomic E-state index is 12.6. The van der Waals surface area contributed by atoms with E-state index in [2.05, 4.69) is 28.2 Å². The van der Waals surface area contributed by atoms with Crippen LogP contribution in [0.5, 0.6) is 0 Å². The number of nitrogens with zero attached hydrogens (tertiary/aromatic N) is 2. The number of methoxy groups -OCH3 is 1. The molecule has 0 spiro atoms. The van der Waals surface area contributed by atoms with Gasteiger partial charge >= 0.3 is 0 Å². The van der Waals surface area contributed by atoms with Crippen molar-refractivity contribution in [3.05, 3.63) is 45.2 Å². The zero-order chi connectivity index (χ0) is 20.0. The molecule has 0 fully saturated rings. The topological polar surface area (TPSA) is 60.6 Å². The number of likely N-dealkylation sites (N-methyl/N-ethyl adjacent to an activating group) is 1. The van der Waals surface area contributed by atoms with Crippen LogP contribution in [-0.4, -0.2) is 67.3 Å². The lowest BCUT2D eigenvalue weighted by atomic mass is 10.0. The molecule has 7 heteroatoms. The van der Waals surface area contributed by atoms with Crippen LogP contribution in [0.2, 0.25) is 0 Å². The smallest absolute Gasteiger partial charge is 0.253 e. The molecule has 2 aromatic rings. The van der Waals surface area contributed by atoms with Crippen molar-refractivity contribution in [3.8, 4) is 0 Å². The van der Waals surface area contributed by atoms with Crippen LogP contribution in [0.4, 0.5) is 0 Å². The normalized spacial score (nSPS) is 11.2. The second-order valence-electron chi connectivity index (χ2n) is 7.10. The molecule has 148 valence electrons. The summed E-state index contributed by atoms with van der Waals surface area (Å²) >= 11 is 5.55. The molecule has 1 heterocycles. The fraction of sp³-hybridized carbons (Fsp3) is 0.500. The molecule has 0 saturated carbocycles. The molecule has 1 aromatic heterocycles. The van der Waals surface area contributed by atoms with Crippen molar-refractivity contribution in [2.75, 3.05) is 47.4 Å². The van der Waals surface area contributed by atoms with Crippen LogP contribution in [0.25, 0.3) is 10.9 Å². The molecule has 0 aliphatic carbocycles. The Morgan fingerprint density at radius 1 is 1.19 bits per heavy atom. The molecule has 6 nitrogen and oxygen atoms in total. The van der Waals surface area contributed by atoms with Crippen LogP contribution < -0.4 is 10.9 Å². The van der Waals surface area contributed by atoms with Crippen molar-refractivity contribution in [1.29, 1.82) is 0 Å². The molecule has 0 aliphatic heterocycles. The molecule has 0 radical (unpaired) electrons. The average Bonchev–Trinajstić information content (AvgIpc) is 2.60. The summed E-state index contributed by atoms with van der Waals surface area (Å²) in [5.74, 6) is 0. The maximum absolute atomic E-state index is 12.6. The molecule has 2 N–H and O–H groups in total. The molecule has 2 rings (SSSR count). The summed E-state index contributed by atoms with van der Waals surface area (Å²) in [6.45, 7) is 7.39. The highest BCUT2D eigenvalue weighted by molar-refractivity contribution is 7.80.